The van der Waals surface area contributed by atoms with Crippen molar-refractivity contribution in [2.75, 3.05) is 4.90 Å². The third-order valence-electron chi connectivity index (χ3n) is 10.2. The van der Waals surface area contributed by atoms with Gasteiger partial charge in [-0.2, -0.15) is 0 Å². The molecule has 0 saturated carbocycles. The van der Waals surface area contributed by atoms with Crippen molar-refractivity contribution in [1.29, 1.82) is 0 Å². The quantitative estimate of drug-likeness (QED) is 0.192. The van der Waals surface area contributed by atoms with E-state index in [9.17, 15) is 0 Å². The van der Waals surface area contributed by atoms with Crippen molar-refractivity contribution in [1.82, 2.24) is 4.57 Å². The van der Waals surface area contributed by atoms with Crippen LogP contribution in [0.3, 0.4) is 0 Å². The van der Waals surface area contributed by atoms with Crippen LogP contribution >= 0.6 is 0 Å². The van der Waals surface area contributed by atoms with Gasteiger partial charge in [-0.05, 0) is 78.2 Å². The summed E-state index contributed by atoms with van der Waals surface area (Å²) in [7, 11) is 0. The molecular weight excluding hydrogens is 613 g/mol. The zero-order chi connectivity index (χ0) is 32.8. The summed E-state index contributed by atoms with van der Waals surface area (Å²) in [5.41, 5.74) is 10.1. The summed E-state index contributed by atoms with van der Waals surface area (Å²) in [6, 6.07) is 60.1. The molecule has 11 aromatic rings. The molecule has 0 aliphatic heterocycles. The van der Waals surface area contributed by atoms with Crippen LogP contribution in [0, 0.1) is 0 Å². The van der Waals surface area contributed by atoms with E-state index in [2.05, 4.69) is 155 Å². The molecule has 4 heteroatoms. The second-order valence-corrected chi connectivity index (χ2v) is 12.9. The molecule has 0 aliphatic rings. The van der Waals surface area contributed by atoms with Gasteiger partial charge in [-0.3, -0.25) is 0 Å². The van der Waals surface area contributed by atoms with E-state index in [0.29, 0.717) is 0 Å². The Balaban J connectivity index is 1.26. The number of benzene rings is 8. The lowest BCUT2D eigenvalue weighted by Gasteiger charge is -2.28. The van der Waals surface area contributed by atoms with Crippen molar-refractivity contribution in [2.45, 2.75) is 0 Å². The van der Waals surface area contributed by atoms with Gasteiger partial charge < -0.3 is 18.3 Å². The molecule has 0 N–H and O–H groups in total. The first-order valence-corrected chi connectivity index (χ1v) is 16.9. The third kappa shape index (κ3) is 3.81. The molecule has 50 heavy (non-hydrogen) atoms. The van der Waals surface area contributed by atoms with Crippen LogP contribution in [0.1, 0.15) is 0 Å². The van der Waals surface area contributed by atoms with Gasteiger partial charge in [-0.15, -0.1) is 0 Å². The molecule has 3 aromatic heterocycles. The molecule has 0 amide bonds. The highest BCUT2D eigenvalue weighted by Crippen LogP contribution is 2.48. The molecule has 0 bridgehead atoms. The van der Waals surface area contributed by atoms with Crippen molar-refractivity contribution >= 4 is 93.5 Å². The molecule has 0 saturated heterocycles. The monoisotopic (exact) mass is 640 g/mol. The lowest BCUT2D eigenvalue weighted by atomic mass is 10.0. The van der Waals surface area contributed by atoms with Crippen LogP contribution in [0.15, 0.2) is 179 Å². The largest absolute Gasteiger partial charge is 0.456 e. The van der Waals surface area contributed by atoms with Crippen molar-refractivity contribution in [2.24, 2.45) is 0 Å². The standard InChI is InChI=1S/C46H28N2O2/c1-2-12-30(13-3-1)48-38-18-7-4-14-33(38)35-17-10-20-40(45(35)48)47(39-19-11-23-43-44(39)37-16-6-9-22-42(37)49-43)31-25-27-32-29(28-31)24-26-36-34-15-5-8-21-41(34)50-46(32)36/h1-28H. The van der Waals surface area contributed by atoms with Crippen molar-refractivity contribution in [3.63, 3.8) is 0 Å². The van der Waals surface area contributed by atoms with Crippen LogP contribution in [0.2, 0.25) is 0 Å². The third-order valence-corrected chi connectivity index (χ3v) is 10.2. The Kier molecular flexibility index (Phi) is 5.63. The number of fused-ring (bicyclic) bond motifs is 11. The smallest absolute Gasteiger partial charge is 0.143 e. The first kappa shape index (κ1) is 27.2. The molecule has 4 nitrogen and oxygen atoms in total. The second kappa shape index (κ2) is 10.4. The fourth-order valence-corrected chi connectivity index (χ4v) is 8.01. The van der Waals surface area contributed by atoms with E-state index in [1.807, 2.05) is 24.3 Å². The Labute approximate surface area is 286 Å². The van der Waals surface area contributed by atoms with Crippen LogP contribution in [0.4, 0.5) is 17.1 Å². The number of hydrogen-bond donors (Lipinski definition) is 0. The van der Waals surface area contributed by atoms with Gasteiger partial charge in [0.1, 0.15) is 22.3 Å². The molecule has 8 aromatic carbocycles. The number of nitrogens with zero attached hydrogens (tertiary/aromatic N) is 2. The van der Waals surface area contributed by atoms with Gasteiger partial charge in [0.15, 0.2) is 0 Å². The summed E-state index contributed by atoms with van der Waals surface area (Å²) >= 11 is 0. The Morgan fingerprint density at radius 1 is 0.420 bits per heavy atom. The number of rotatable bonds is 4. The SMILES string of the molecule is c1ccc(-n2c3ccccc3c3cccc(N(c4ccc5c(ccc6c7ccccc7oc56)c4)c4cccc5oc6ccccc6c45)c32)cc1. The van der Waals surface area contributed by atoms with E-state index in [4.69, 9.17) is 8.83 Å². The normalized spacial score (nSPS) is 12.0. The van der Waals surface area contributed by atoms with E-state index in [-0.39, 0.29) is 0 Å². The van der Waals surface area contributed by atoms with Gasteiger partial charge in [0.05, 0.1) is 27.8 Å². The average Bonchev–Trinajstić information content (AvgIpc) is 3.86. The number of aromatic nitrogens is 1. The van der Waals surface area contributed by atoms with Crippen LogP contribution in [0.5, 0.6) is 0 Å². The summed E-state index contributed by atoms with van der Waals surface area (Å²) in [4.78, 5) is 2.41. The summed E-state index contributed by atoms with van der Waals surface area (Å²) < 4.78 is 15.3. The molecule has 0 unspecified atom stereocenters. The molecule has 0 spiro atoms. The van der Waals surface area contributed by atoms with Crippen molar-refractivity contribution in [3.05, 3.63) is 170 Å². The Morgan fingerprint density at radius 3 is 1.96 bits per heavy atom. The van der Waals surface area contributed by atoms with Gasteiger partial charge >= 0.3 is 0 Å². The molecule has 0 atom stereocenters. The predicted molar refractivity (Wildman–Crippen MR) is 208 cm³/mol. The molecular formula is C46H28N2O2. The van der Waals surface area contributed by atoms with Crippen LogP contribution in [-0.4, -0.2) is 4.57 Å². The fourth-order valence-electron chi connectivity index (χ4n) is 8.01. The minimum absolute atomic E-state index is 0.856. The predicted octanol–water partition coefficient (Wildman–Crippen LogP) is 13.2. The maximum absolute atomic E-state index is 6.46. The molecule has 0 radical (unpaired) electrons. The van der Waals surface area contributed by atoms with Crippen LogP contribution in [0.25, 0.3) is 82.1 Å². The summed E-state index contributed by atoms with van der Waals surface area (Å²) in [5.74, 6) is 0. The van der Waals surface area contributed by atoms with E-state index >= 15 is 0 Å². The van der Waals surface area contributed by atoms with Gasteiger partial charge in [-0.25, -0.2) is 0 Å². The van der Waals surface area contributed by atoms with E-state index in [1.54, 1.807) is 0 Å². The summed E-state index contributed by atoms with van der Waals surface area (Å²) in [5, 5.41) is 9.04. The molecule has 3 heterocycles. The summed E-state index contributed by atoms with van der Waals surface area (Å²) in [6.45, 7) is 0. The minimum Gasteiger partial charge on any atom is -0.456 e. The lowest BCUT2D eigenvalue weighted by Crippen LogP contribution is -2.12. The number of hydrogen-bond acceptors (Lipinski definition) is 3. The zero-order valence-corrected chi connectivity index (χ0v) is 26.9. The summed E-state index contributed by atoms with van der Waals surface area (Å²) in [6.07, 6.45) is 0. The van der Waals surface area contributed by atoms with E-state index < -0.39 is 0 Å². The van der Waals surface area contributed by atoms with E-state index in [1.165, 1.54) is 16.3 Å². The maximum Gasteiger partial charge on any atom is 0.143 e. The molecule has 11 rings (SSSR count). The maximum atomic E-state index is 6.46. The Morgan fingerprint density at radius 2 is 1.08 bits per heavy atom. The van der Waals surface area contributed by atoms with Gasteiger partial charge in [0, 0.05) is 43.7 Å². The first-order valence-electron chi connectivity index (χ1n) is 16.9. The van der Waals surface area contributed by atoms with Crippen LogP contribution < -0.4 is 4.90 Å². The Hall–Kier alpha value is -6.78. The number of furan rings is 2. The lowest BCUT2D eigenvalue weighted by molar-refractivity contribution is 0.669. The molecule has 0 fully saturated rings. The number of para-hydroxylation sites is 5. The van der Waals surface area contributed by atoms with E-state index in [0.717, 1.165) is 82.9 Å². The second-order valence-electron chi connectivity index (χ2n) is 12.9. The van der Waals surface area contributed by atoms with Crippen LogP contribution in [-0.2, 0) is 0 Å². The highest BCUT2D eigenvalue weighted by molar-refractivity contribution is 6.19. The van der Waals surface area contributed by atoms with Crippen molar-refractivity contribution in [3.8, 4) is 5.69 Å². The molecule has 0 aliphatic carbocycles. The van der Waals surface area contributed by atoms with Gasteiger partial charge in [0.2, 0.25) is 0 Å². The van der Waals surface area contributed by atoms with Gasteiger partial charge in [-0.1, -0.05) is 97.1 Å². The highest BCUT2D eigenvalue weighted by Gasteiger charge is 2.24. The van der Waals surface area contributed by atoms with Gasteiger partial charge in [0.25, 0.3) is 0 Å². The van der Waals surface area contributed by atoms with Crippen molar-refractivity contribution < 1.29 is 8.83 Å². The highest BCUT2D eigenvalue weighted by atomic mass is 16.3. The topological polar surface area (TPSA) is 34.5 Å². The zero-order valence-electron chi connectivity index (χ0n) is 26.9. The fraction of sp³-hybridized carbons (Fsp3) is 0. The average molecular weight is 641 g/mol. The number of anilines is 3. The minimum atomic E-state index is 0.856. The Bertz CT molecular complexity index is 3110. The first-order chi connectivity index (χ1) is 24.8. The molecule has 234 valence electrons.